The van der Waals surface area contributed by atoms with Crippen LogP contribution in [-0.4, -0.2) is 10.1 Å². The van der Waals surface area contributed by atoms with E-state index in [1.165, 1.54) is 0 Å². The molecular weight excluding hydrogens is 212 g/mol. The van der Waals surface area contributed by atoms with Gasteiger partial charge in [-0.1, -0.05) is 6.07 Å². The van der Waals surface area contributed by atoms with Gasteiger partial charge in [0.15, 0.2) is 0 Å². The summed E-state index contributed by atoms with van der Waals surface area (Å²) < 4.78 is 0. The maximum atomic E-state index is 9.66. The van der Waals surface area contributed by atoms with Crippen molar-refractivity contribution in [2.75, 3.05) is 5.32 Å². The molecule has 0 aliphatic carbocycles. The smallest absolute Gasteiger partial charge is 0.126 e. The lowest BCUT2D eigenvalue weighted by atomic mass is 10.1. The molecule has 1 aromatic carbocycles. The highest BCUT2D eigenvalue weighted by Crippen LogP contribution is 2.19. The zero-order chi connectivity index (χ0) is 12.1. The highest BCUT2D eigenvalue weighted by Gasteiger charge is 1.99. The number of hydrogen-bond donors (Lipinski definition) is 2. The Morgan fingerprint density at radius 1 is 1.29 bits per heavy atom. The maximum Gasteiger partial charge on any atom is 0.126 e. The number of aromatic hydroxyl groups is 1. The molecule has 0 amide bonds. The molecule has 0 fully saturated rings. The minimum Gasteiger partial charge on any atom is -0.508 e. The van der Waals surface area contributed by atoms with E-state index in [9.17, 15) is 5.11 Å². The quantitative estimate of drug-likeness (QED) is 0.620. The van der Waals surface area contributed by atoms with Crippen LogP contribution >= 0.6 is 0 Å². The van der Waals surface area contributed by atoms with E-state index in [4.69, 9.17) is 6.42 Å². The molecular formula is C14H11N2O-. The normalized spacial score (nSPS) is 9.59. The first-order chi connectivity index (χ1) is 8.29. The average molecular weight is 223 g/mol. The Bertz CT molecular complexity index is 544. The first-order valence-corrected chi connectivity index (χ1v) is 5.19. The topological polar surface area (TPSA) is 45.1 Å². The Hall–Kier alpha value is -2.47. The standard InChI is InChI=1S/C14H11N2O/c1-2-11-6-7-13(17)12(9-11)10-16-14-5-3-4-8-15-14/h3-9,17H,10H2,(H,15,16)/q-1. The summed E-state index contributed by atoms with van der Waals surface area (Å²) in [7, 11) is 0. The van der Waals surface area contributed by atoms with E-state index in [-0.39, 0.29) is 5.75 Å². The van der Waals surface area contributed by atoms with Gasteiger partial charge in [-0.3, -0.25) is 5.92 Å². The molecule has 3 heteroatoms. The molecule has 1 heterocycles. The van der Waals surface area contributed by atoms with E-state index in [2.05, 4.69) is 16.2 Å². The Kier molecular flexibility index (Phi) is 3.27. The van der Waals surface area contributed by atoms with Gasteiger partial charge in [0.25, 0.3) is 0 Å². The lowest BCUT2D eigenvalue weighted by Gasteiger charge is -2.10. The second-order valence-corrected chi connectivity index (χ2v) is 3.54. The number of pyridine rings is 1. The predicted octanol–water partition coefficient (Wildman–Crippen LogP) is 2.34. The van der Waals surface area contributed by atoms with Crippen molar-refractivity contribution in [2.45, 2.75) is 6.54 Å². The van der Waals surface area contributed by atoms with E-state index in [0.29, 0.717) is 17.7 Å². The summed E-state index contributed by atoms with van der Waals surface area (Å²) in [6.07, 6.45) is 8.74. The molecule has 2 N–H and O–H groups in total. The Morgan fingerprint density at radius 3 is 2.88 bits per heavy atom. The fraction of sp³-hybridized carbons (Fsp3) is 0.0714. The van der Waals surface area contributed by atoms with Crippen LogP contribution in [0, 0.1) is 12.3 Å². The van der Waals surface area contributed by atoms with Crippen molar-refractivity contribution in [3.05, 3.63) is 60.1 Å². The number of benzene rings is 1. The van der Waals surface area contributed by atoms with Crippen molar-refractivity contribution in [1.82, 2.24) is 4.98 Å². The first-order valence-electron chi connectivity index (χ1n) is 5.19. The van der Waals surface area contributed by atoms with Crippen LogP contribution in [0.15, 0.2) is 42.6 Å². The van der Waals surface area contributed by atoms with Crippen molar-refractivity contribution in [1.29, 1.82) is 0 Å². The number of anilines is 1. The number of nitrogens with zero attached hydrogens (tertiary/aromatic N) is 1. The first kappa shape index (κ1) is 11.0. The van der Waals surface area contributed by atoms with Crippen LogP contribution in [0.3, 0.4) is 0 Å². The number of nitrogens with one attached hydrogen (secondary N) is 1. The van der Waals surface area contributed by atoms with Crippen LogP contribution in [0.5, 0.6) is 5.75 Å². The summed E-state index contributed by atoms with van der Waals surface area (Å²) >= 11 is 0. The molecule has 2 rings (SSSR count). The number of aromatic nitrogens is 1. The van der Waals surface area contributed by atoms with Crippen molar-refractivity contribution in [2.24, 2.45) is 0 Å². The molecule has 1 aromatic heterocycles. The number of rotatable bonds is 3. The Morgan fingerprint density at radius 2 is 2.18 bits per heavy atom. The third kappa shape index (κ3) is 2.76. The van der Waals surface area contributed by atoms with Gasteiger partial charge in [0.05, 0.1) is 0 Å². The largest absolute Gasteiger partial charge is 0.508 e. The van der Waals surface area contributed by atoms with Gasteiger partial charge in [-0.05, 0) is 23.8 Å². The minimum absolute atomic E-state index is 0.201. The summed E-state index contributed by atoms with van der Waals surface area (Å²) in [4.78, 5) is 4.12. The summed E-state index contributed by atoms with van der Waals surface area (Å²) in [5.74, 6) is 3.24. The molecule has 84 valence electrons. The number of hydrogen-bond acceptors (Lipinski definition) is 3. The van der Waals surface area contributed by atoms with Gasteiger partial charge >= 0.3 is 0 Å². The lowest BCUT2D eigenvalue weighted by Crippen LogP contribution is -2.01. The van der Waals surface area contributed by atoms with E-state index >= 15 is 0 Å². The molecule has 0 unspecified atom stereocenters. The van der Waals surface area contributed by atoms with Gasteiger partial charge in [-0.15, -0.1) is 17.7 Å². The van der Waals surface area contributed by atoms with Crippen LogP contribution in [0.1, 0.15) is 11.1 Å². The second kappa shape index (κ2) is 5.04. The van der Waals surface area contributed by atoms with Gasteiger partial charge in [0.1, 0.15) is 11.6 Å². The Balaban J connectivity index is 2.12. The Labute approximate surface area is 100 Å². The zero-order valence-electron chi connectivity index (χ0n) is 9.14. The number of phenols is 1. The minimum atomic E-state index is 0.201. The van der Waals surface area contributed by atoms with E-state index in [1.54, 1.807) is 24.4 Å². The molecule has 0 spiro atoms. The fourth-order valence-electron chi connectivity index (χ4n) is 1.46. The third-order valence-electron chi connectivity index (χ3n) is 2.35. The lowest BCUT2D eigenvalue weighted by molar-refractivity contribution is 0.469. The summed E-state index contributed by atoms with van der Waals surface area (Å²) in [6, 6.07) is 10.5. The summed E-state index contributed by atoms with van der Waals surface area (Å²) in [6.45, 7) is 0.457. The van der Waals surface area contributed by atoms with Gasteiger partial charge in [-0.25, -0.2) is 4.98 Å². The third-order valence-corrected chi connectivity index (χ3v) is 2.35. The fourth-order valence-corrected chi connectivity index (χ4v) is 1.46. The van der Waals surface area contributed by atoms with Gasteiger partial charge in [0, 0.05) is 12.7 Å². The SMILES string of the molecule is [C-]#Cc1ccc(O)c(CNc2ccccn2)c1. The summed E-state index contributed by atoms with van der Waals surface area (Å²) in [5, 5.41) is 12.8. The molecule has 0 atom stereocenters. The molecule has 0 bridgehead atoms. The van der Waals surface area contributed by atoms with E-state index < -0.39 is 0 Å². The average Bonchev–Trinajstić information content (AvgIpc) is 2.39. The van der Waals surface area contributed by atoms with Crippen LogP contribution in [0.4, 0.5) is 5.82 Å². The van der Waals surface area contributed by atoms with Crippen molar-refractivity contribution in [3.8, 4) is 11.7 Å². The molecule has 0 saturated heterocycles. The van der Waals surface area contributed by atoms with Crippen LogP contribution in [0.25, 0.3) is 0 Å². The molecule has 17 heavy (non-hydrogen) atoms. The molecule has 0 aliphatic heterocycles. The molecule has 3 nitrogen and oxygen atoms in total. The molecule has 2 aromatic rings. The monoisotopic (exact) mass is 223 g/mol. The van der Waals surface area contributed by atoms with E-state index in [1.807, 2.05) is 18.2 Å². The van der Waals surface area contributed by atoms with Crippen molar-refractivity contribution >= 4 is 5.82 Å². The summed E-state index contributed by atoms with van der Waals surface area (Å²) in [5.41, 5.74) is 1.36. The predicted molar refractivity (Wildman–Crippen MR) is 65.9 cm³/mol. The van der Waals surface area contributed by atoms with Gasteiger partial charge in [0.2, 0.25) is 0 Å². The molecule has 0 radical (unpaired) electrons. The highest BCUT2D eigenvalue weighted by atomic mass is 16.3. The van der Waals surface area contributed by atoms with Crippen LogP contribution < -0.4 is 5.32 Å². The van der Waals surface area contributed by atoms with Crippen LogP contribution in [-0.2, 0) is 6.54 Å². The zero-order valence-corrected chi connectivity index (χ0v) is 9.14. The van der Waals surface area contributed by atoms with E-state index in [0.717, 1.165) is 5.82 Å². The maximum absolute atomic E-state index is 9.66. The van der Waals surface area contributed by atoms with Gasteiger partial charge < -0.3 is 16.8 Å². The number of phenolic OH excluding ortho intramolecular Hbond substituents is 1. The highest BCUT2D eigenvalue weighted by molar-refractivity contribution is 5.44. The van der Waals surface area contributed by atoms with Crippen molar-refractivity contribution in [3.63, 3.8) is 0 Å². The van der Waals surface area contributed by atoms with Gasteiger partial charge in [-0.2, -0.15) is 0 Å². The molecule has 0 aliphatic rings. The second-order valence-electron chi connectivity index (χ2n) is 3.54. The molecule has 0 saturated carbocycles. The van der Waals surface area contributed by atoms with Crippen molar-refractivity contribution < 1.29 is 5.11 Å². The van der Waals surface area contributed by atoms with Crippen LogP contribution in [0.2, 0.25) is 0 Å².